The molecule has 0 saturated heterocycles. The molecule has 0 aliphatic carbocycles. The number of aryl methyl sites for hydroxylation is 1. The molecule has 2 heterocycles. The zero-order chi connectivity index (χ0) is 12.1. The SMILES string of the molecule is Cc1c(C(F)(F)F)n2cnn(C)c2cc1=O. The van der Waals surface area contributed by atoms with Crippen LogP contribution in [-0.4, -0.2) is 14.2 Å². The lowest BCUT2D eigenvalue weighted by molar-refractivity contribution is -0.142. The topological polar surface area (TPSA) is 39.3 Å². The van der Waals surface area contributed by atoms with E-state index in [1.807, 2.05) is 0 Å². The van der Waals surface area contributed by atoms with Crippen LogP contribution < -0.4 is 5.43 Å². The number of hydrogen-bond acceptors (Lipinski definition) is 2. The summed E-state index contributed by atoms with van der Waals surface area (Å²) in [5.41, 5.74) is -1.82. The Balaban J connectivity index is 3.00. The van der Waals surface area contributed by atoms with Crippen molar-refractivity contribution in [3.05, 3.63) is 33.9 Å². The quantitative estimate of drug-likeness (QED) is 0.686. The molecule has 0 atom stereocenters. The van der Waals surface area contributed by atoms with Crippen LogP contribution in [0.15, 0.2) is 17.2 Å². The minimum atomic E-state index is -4.57. The average Bonchev–Trinajstić information content (AvgIpc) is 2.47. The standard InChI is InChI=1S/C9H8F3N3O/c1-5-6(16)3-7-14(2)13-4-15(7)8(5)9(10,11)12/h3-4H,1-2H3. The predicted molar refractivity (Wildman–Crippen MR) is 50.2 cm³/mol. The summed E-state index contributed by atoms with van der Waals surface area (Å²) in [5.74, 6) is 0. The highest BCUT2D eigenvalue weighted by Gasteiger charge is 2.36. The van der Waals surface area contributed by atoms with Gasteiger partial charge in [-0.1, -0.05) is 0 Å². The molecule has 86 valence electrons. The number of fused-ring (bicyclic) bond motifs is 1. The smallest absolute Gasteiger partial charge is 0.289 e. The van der Waals surface area contributed by atoms with Crippen LogP contribution in [0, 0.1) is 6.92 Å². The summed E-state index contributed by atoms with van der Waals surface area (Å²) >= 11 is 0. The van der Waals surface area contributed by atoms with Gasteiger partial charge in [0.2, 0.25) is 0 Å². The summed E-state index contributed by atoms with van der Waals surface area (Å²) < 4.78 is 40.4. The van der Waals surface area contributed by atoms with E-state index in [-0.39, 0.29) is 11.2 Å². The Hall–Kier alpha value is -1.79. The van der Waals surface area contributed by atoms with Gasteiger partial charge in [0.25, 0.3) is 0 Å². The fourth-order valence-corrected chi connectivity index (χ4v) is 1.61. The molecule has 0 bridgehead atoms. The third kappa shape index (κ3) is 1.39. The molecule has 0 aliphatic rings. The fourth-order valence-electron chi connectivity index (χ4n) is 1.61. The molecule has 0 radical (unpaired) electrons. The molecule has 4 nitrogen and oxygen atoms in total. The van der Waals surface area contributed by atoms with E-state index < -0.39 is 17.3 Å². The molecule has 0 aromatic carbocycles. The Bertz CT molecular complexity index is 609. The van der Waals surface area contributed by atoms with Crippen LogP contribution in [0.3, 0.4) is 0 Å². The van der Waals surface area contributed by atoms with Gasteiger partial charge in [0, 0.05) is 18.7 Å². The van der Waals surface area contributed by atoms with Crippen LogP contribution in [-0.2, 0) is 13.2 Å². The van der Waals surface area contributed by atoms with Crippen LogP contribution in [0.2, 0.25) is 0 Å². The lowest BCUT2D eigenvalue weighted by Crippen LogP contribution is -2.20. The van der Waals surface area contributed by atoms with Crippen molar-refractivity contribution >= 4 is 5.65 Å². The van der Waals surface area contributed by atoms with Gasteiger partial charge in [-0.05, 0) is 6.92 Å². The number of rotatable bonds is 0. The highest BCUT2D eigenvalue weighted by Crippen LogP contribution is 2.30. The molecule has 2 aromatic rings. The Morgan fingerprint density at radius 3 is 2.56 bits per heavy atom. The van der Waals surface area contributed by atoms with Gasteiger partial charge in [0.15, 0.2) is 5.43 Å². The molecule has 0 fully saturated rings. The average molecular weight is 231 g/mol. The first-order valence-corrected chi connectivity index (χ1v) is 4.43. The Morgan fingerprint density at radius 2 is 2.00 bits per heavy atom. The van der Waals surface area contributed by atoms with Gasteiger partial charge < -0.3 is 0 Å². The molecular weight excluding hydrogens is 223 g/mol. The molecule has 2 aromatic heterocycles. The third-order valence-electron chi connectivity index (χ3n) is 2.41. The van der Waals surface area contributed by atoms with Crippen molar-refractivity contribution in [1.82, 2.24) is 14.2 Å². The van der Waals surface area contributed by atoms with Crippen molar-refractivity contribution in [1.29, 1.82) is 0 Å². The molecule has 0 amide bonds. The second kappa shape index (κ2) is 3.10. The molecule has 0 N–H and O–H groups in total. The molecule has 0 unspecified atom stereocenters. The largest absolute Gasteiger partial charge is 0.432 e. The first-order valence-electron chi connectivity index (χ1n) is 4.43. The number of aromatic nitrogens is 3. The summed E-state index contributed by atoms with van der Waals surface area (Å²) in [6, 6.07) is 1.14. The Kier molecular flexibility index (Phi) is 2.08. The molecule has 0 spiro atoms. The van der Waals surface area contributed by atoms with Crippen molar-refractivity contribution in [2.24, 2.45) is 7.05 Å². The van der Waals surface area contributed by atoms with E-state index in [2.05, 4.69) is 5.10 Å². The van der Waals surface area contributed by atoms with Crippen LogP contribution in [0.25, 0.3) is 5.65 Å². The molecule has 2 rings (SSSR count). The minimum absolute atomic E-state index is 0.114. The summed E-state index contributed by atoms with van der Waals surface area (Å²) in [6.07, 6.45) is -3.53. The molecule has 0 saturated carbocycles. The van der Waals surface area contributed by atoms with Gasteiger partial charge in [-0.15, -0.1) is 0 Å². The fraction of sp³-hybridized carbons (Fsp3) is 0.333. The lowest BCUT2D eigenvalue weighted by Gasteiger charge is -2.11. The van der Waals surface area contributed by atoms with Gasteiger partial charge in [0.05, 0.1) is 0 Å². The van der Waals surface area contributed by atoms with E-state index in [0.717, 1.165) is 23.7 Å². The van der Waals surface area contributed by atoms with Crippen molar-refractivity contribution in [2.45, 2.75) is 13.1 Å². The maximum atomic E-state index is 12.8. The predicted octanol–water partition coefficient (Wildman–Crippen LogP) is 1.36. The highest BCUT2D eigenvalue weighted by atomic mass is 19.4. The van der Waals surface area contributed by atoms with Crippen LogP contribution >= 0.6 is 0 Å². The maximum Gasteiger partial charge on any atom is 0.432 e. The van der Waals surface area contributed by atoms with E-state index in [0.29, 0.717) is 0 Å². The van der Waals surface area contributed by atoms with Crippen LogP contribution in [0.1, 0.15) is 11.3 Å². The number of nitrogens with zero attached hydrogens (tertiary/aromatic N) is 3. The molecular formula is C9H8F3N3O. The van der Waals surface area contributed by atoms with Crippen LogP contribution in [0.5, 0.6) is 0 Å². The van der Waals surface area contributed by atoms with E-state index in [1.54, 1.807) is 0 Å². The second-order valence-electron chi connectivity index (χ2n) is 3.46. The van der Waals surface area contributed by atoms with E-state index >= 15 is 0 Å². The number of pyridine rings is 1. The third-order valence-corrected chi connectivity index (χ3v) is 2.41. The number of hydrogen-bond donors (Lipinski definition) is 0. The van der Waals surface area contributed by atoms with Crippen molar-refractivity contribution in [3.63, 3.8) is 0 Å². The zero-order valence-electron chi connectivity index (χ0n) is 8.54. The first-order chi connectivity index (χ1) is 7.32. The Morgan fingerprint density at radius 1 is 1.38 bits per heavy atom. The summed E-state index contributed by atoms with van der Waals surface area (Å²) in [4.78, 5) is 11.4. The lowest BCUT2D eigenvalue weighted by atomic mass is 10.2. The first kappa shape index (κ1) is 10.7. The van der Waals surface area contributed by atoms with Gasteiger partial charge in [-0.25, -0.2) is 0 Å². The van der Waals surface area contributed by atoms with Gasteiger partial charge in [-0.2, -0.15) is 18.3 Å². The minimum Gasteiger partial charge on any atom is -0.289 e. The molecule has 16 heavy (non-hydrogen) atoms. The Labute approximate surface area is 87.9 Å². The maximum absolute atomic E-state index is 12.8. The monoisotopic (exact) mass is 231 g/mol. The highest BCUT2D eigenvalue weighted by molar-refractivity contribution is 5.43. The van der Waals surface area contributed by atoms with Gasteiger partial charge in [0.1, 0.15) is 17.7 Å². The van der Waals surface area contributed by atoms with Crippen molar-refractivity contribution in [3.8, 4) is 0 Å². The molecule has 0 aliphatic heterocycles. The second-order valence-corrected chi connectivity index (χ2v) is 3.46. The van der Waals surface area contributed by atoms with Crippen molar-refractivity contribution < 1.29 is 13.2 Å². The van der Waals surface area contributed by atoms with Crippen molar-refractivity contribution in [2.75, 3.05) is 0 Å². The van der Waals surface area contributed by atoms with E-state index in [9.17, 15) is 18.0 Å². The van der Waals surface area contributed by atoms with Crippen LogP contribution in [0.4, 0.5) is 13.2 Å². The van der Waals surface area contributed by atoms with E-state index in [1.165, 1.54) is 11.7 Å². The van der Waals surface area contributed by atoms with Gasteiger partial charge >= 0.3 is 6.18 Å². The van der Waals surface area contributed by atoms with Gasteiger partial charge in [-0.3, -0.25) is 13.9 Å². The summed E-state index contributed by atoms with van der Waals surface area (Å²) in [7, 11) is 1.48. The normalized spacial score (nSPS) is 12.3. The number of alkyl halides is 3. The summed E-state index contributed by atoms with van der Waals surface area (Å²) in [6.45, 7) is 1.16. The zero-order valence-corrected chi connectivity index (χ0v) is 8.54. The molecule has 7 heteroatoms. The number of halogens is 3. The summed E-state index contributed by atoms with van der Waals surface area (Å²) in [5, 5.41) is 3.69. The van der Waals surface area contributed by atoms with E-state index in [4.69, 9.17) is 0 Å².